The molecular formula is C22H27N3O5S. The SMILES string of the molecule is CC(C)C(=O)Nc1ccc(S(=O)(=O)NCC(=O)N2CCOC(c3ccccc3)C2)cc1. The van der Waals surface area contributed by atoms with Crippen molar-refractivity contribution in [2.45, 2.75) is 24.8 Å². The van der Waals surface area contributed by atoms with E-state index in [2.05, 4.69) is 10.0 Å². The van der Waals surface area contributed by atoms with Crippen molar-refractivity contribution in [3.8, 4) is 0 Å². The van der Waals surface area contributed by atoms with Gasteiger partial charge in [-0.2, -0.15) is 0 Å². The van der Waals surface area contributed by atoms with Crippen molar-refractivity contribution >= 4 is 27.5 Å². The molecule has 1 fully saturated rings. The monoisotopic (exact) mass is 445 g/mol. The van der Waals surface area contributed by atoms with Crippen molar-refractivity contribution in [1.82, 2.24) is 9.62 Å². The summed E-state index contributed by atoms with van der Waals surface area (Å²) in [5.41, 5.74) is 1.49. The van der Waals surface area contributed by atoms with E-state index in [9.17, 15) is 18.0 Å². The Hall–Kier alpha value is -2.75. The first-order chi connectivity index (χ1) is 14.8. The fraction of sp³-hybridized carbons (Fsp3) is 0.364. The van der Waals surface area contributed by atoms with Gasteiger partial charge in [-0.1, -0.05) is 44.2 Å². The third kappa shape index (κ3) is 6.13. The van der Waals surface area contributed by atoms with E-state index in [0.717, 1.165) is 5.56 Å². The van der Waals surface area contributed by atoms with E-state index in [-0.39, 0.29) is 35.3 Å². The number of nitrogens with zero attached hydrogens (tertiary/aromatic N) is 1. The van der Waals surface area contributed by atoms with Crippen molar-refractivity contribution in [1.29, 1.82) is 0 Å². The molecule has 3 rings (SSSR count). The second-order valence-electron chi connectivity index (χ2n) is 7.60. The second kappa shape index (κ2) is 10.0. The topological polar surface area (TPSA) is 105 Å². The number of benzene rings is 2. The van der Waals surface area contributed by atoms with Crippen LogP contribution in [-0.4, -0.2) is 51.4 Å². The summed E-state index contributed by atoms with van der Waals surface area (Å²) in [6.07, 6.45) is -0.232. The molecule has 1 atom stereocenters. The molecule has 1 heterocycles. The van der Waals surface area contributed by atoms with Gasteiger partial charge in [0.1, 0.15) is 6.10 Å². The molecule has 0 aliphatic carbocycles. The van der Waals surface area contributed by atoms with Crippen LogP contribution in [0.4, 0.5) is 5.69 Å². The predicted octanol–water partition coefficient (Wildman–Crippen LogP) is 2.16. The van der Waals surface area contributed by atoms with Crippen molar-refractivity contribution in [3.63, 3.8) is 0 Å². The summed E-state index contributed by atoms with van der Waals surface area (Å²) in [5, 5.41) is 2.70. The normalized spacial score (nSPS) is 16.9. The largest absolute Gasteiger partial charge is 0.370 e. The lowest BCUT2D eigenvalue weighted by Crippen LogP contribution is -2.46. The van der Waals surface area contributed by atoms with Crippen LogP contribution in [0.5, 0.6) is 0 Å². The van der Waals surface area contributed by atoms with Crippen LogP contribution in [0.2, 0.25) is 0 Å². The number of morpholine rings is 1. The molecule has 0 bridgehead atoms. The minimum Gasteiger partial charge on any atom is -0.370 e. The van der Waals surface area contributed by atoms with Crippen molar-refractivity contribution < 1.29 is 22.7 Å². The Morgan fingerprint density at radius 3 is 2.42 bits per heavy atom. The lowest BCUT2D eigenvalue weighted by atomic mass is 10.1. The minimum atomic E-state index is -3.86. The van der Waals surface area contributed by atoms with Crippen LogP contribution in [0.15, 0.2) is 59.5 Å². The highest BCUT2D eigenvalue weighted by molar-refractivity contribution is 7.89. The molecule has 1 aliphatic rings. The summed E-state index contributed by atoms with van der Waals surface area (Å²) in [7, 11) is -3.86. The molecule has 8 nitrogen and oxygen atoms in total. The van der Waals surface area contributed by atoms with Gasteiger partial charge in [0.15, 0.2) is 0 Å². The summed E-state index contributed by atoms with van der Waals surface area (Å²) in [6, 6.07) is 15.4. The maximum absolute atomic E-state index is 12.6. The van der Waals surface area contributed by atoms with Crippen LogP contribution in [0.25, 0.3) is 0 Å². The van der Waals surface area contributed by atoms with Gasteiger partial charge in [0.2, 0.25) is 21.8 Å². The van der Waals surface area contributed by atoms with Gasteiger partial charge >= 0.3 is 0 Å². The zero-order chi connectivity index (χ0) is 22.4. The molecule has 0 aromatic heterocycles. The van der Waals surface area contributed by atoms with E-state index < -0.39 is 10.0 Å². The average molecular weight is 446 g/mol. The molecule has 0 spiro atoms. The molecule has 0 radical (unpaired) electrons. The van der Waals surface area contributed by atoms with Gasteiger partial charge < -0.3 is 15.0 Å². The number of hydrogen-bond acceptors (Lipinski definition) is 5. The molecule has 31 heavy (non-hydrogen) atoms. The molecule has 2 aromatic rings. The Morgan fingerprint density at radius 2 is 1.77 bits per heavy atom. The van der Waals surface area contributed by atoms with Crippen LogP contribution in [0.3, 0.4) is 0 Å². The smallest absolute Gasteiger partial charge is 0.241 e. The zero-order valence-corrected chi connectivity index (χ0v) is 18.4. The highest BCUT2D eigenvalue weighted by atomic mass is 32.2. The first-order valence-corrected chi connectivity index (χ1v) is 11.6. The van der Waals surface area contributed by atoms with E-state index in [1.54, 1.807) is 18.7 Å². The number of hydrogen-bond donors (Lipinski definition) is 2. The Labute approximate surface area is 182 Å². The molecule has 1 unspecified atom stereocenters. The Bertz CT molecular complexity index is 1010. The Kier molecular flexibility index (Phi) is 7.42. The maximum Gasteiger partial charge on any atom is 0.241 e. The van der Waals surface area contributed by atoms with Gasteiger partial charge in [-0.3, -0.25) is 9.59 Å². The first kappa shape index (κ1) is 22.9. The van der Waals surface area contributed by atoms with Gasteiger partial charge in [0, 0.05) is 18.2 Å². The van der Waals surface area contributed by atoms with Gasteiger partial charge in [-0.05, 0) is 29.8 Å². The van der Waals surface area contributed by atoms with E-state index in [1.165, 1.54) is 24.3 Å². The van der Waals surface area contributed by atoms with E-state index in [1.807, 2.05) is 30.3 Å². The van der Waals surface area contributed by atoms with E-state index in [0.29, 0.717) is 25.4 Å². The fourth-order valence-corrected chi connectivity index (χ4v) is 4.08. The van der Waals surface area contributed by atoms with Crippen molar-refractivity contribution in [2.75, 3.05) is 31.6 Å². The van der Waals surface area contributed by atoms with Crippen LogP contribution in [0.1, 0.15) is 25.5 Å². The van der Waals surface area contributed by atoms with Crippen molar-refractivity contribution in [2.24, 2.45) is 5.92 Å². The lowest BCUT2D eigenvalue weighted by Gasteiger charge is -2.33. The van der Waals surface area contributed by atoms with Crippen LogP contribution < -0.4 is 10.0 Å². The summed E-state index contributed by atoms with van der Waals surface area (Å²) < 4.78 is 33.2. The fourth-order valence-electron chi connectivity index (χ4n) is 3.10. The first-order valence-electron chi connectivity index (χ1n) is 10.1. The number of sulfonamides is 1. The lowest BCUT2D eigenvalue weighted by molar-refractivity contribution is -0.137. The summed E-state index contributed by atoms with van der Waals surface area (Å²) in [5.74, 6) is -0.648. The summed E-state index contributed by atoms with van der Waals surface area (Å²) in [4.78, 5) is 26.0. The molecule has 9 heteroatoms. The highest BCUT2D eigenvalue weighted by Gasteiger charge is 2.26. The average Bonchev–Trinajstić information content (AvgIpc) is 2.78. The quantitative estimate of drug-likeness (QED) is 0.680. The van der Waals surface area contributed by atoms with Crippen LogP contribution in [-0.2, 0) is 24.3 Å². The van der Waals surface area contributed by atoms with Crippen LogP contribution >= 0.6 is 0 Å². The molecule has 2 amide bonds. The maximum atomic E-state index is 12.6. The molecule has 1 saturated heterocycles. The van der Waals surface area contributed by atoms with Gasteiger partial charge in [0.05, 0.1) is 24.6 Å². The van der Waals surface area contributed by atoms with Crippen molar-refractivity contribution in [3.05, 3.63) is 60.2 Å². The number of amides is 2. The highest BCUT2D eigenvalue weighted by Crippen LogP contribution is 2.22. The second-order valence-corrected chi connectivity index (χ2v) is 9.37. The van der Waals surface area contributed by atoms with Gasteiger partial charge in [-0.15, -0.1) is 0 Å². The number of ether oxygens (including phenoxy) is 1. The number of nitrogens with one attached hydrogen (secondary N) is 2. The number of rotatable bonds is 7. The van der Waals surface area contributed by atoms with Crippen LogP contribution in [0, 0.1) is 5.92 Å². The standard InChI is InChI=1S/C22H27N3O5S/c1-16(2)22(27)24-18-8-10-19(11-9-18)31(28,29)23-14-21(26)25-12-13-30-20(15-25)17-6-4-3-5-7-17/h3-11,16,20,23H,12-15H2,1-2H3,(H,24,27). The molecule has 166 valence electrons. The third-order valence-electron chi connectivity index (χ3n) is 4.96. The predicted molar refractivity (Wildman–Crippen MR) is 117 cm³/mol. The summed E-state index contributed by atoms with van der Waals surface area (Å²) in [6.45, 7) is 4.37. The zero-order valence-electron chi connectivity index (χ0n) is 17.6. The number of anilines is 1. The Morgan fingerprint density at radius 1 is 1.10 bits per heavy atom. The number of carbonyl (C=O) groups excluding carboxylic acids is 2. The third-order valence-corrected chi connectivity index (χ3v) is 6.38. The molecule has 2 N–H and O–H groups in total. The molecule has 2 aromatic carbocycles. The summed E-state index contributed by atoms with van der Waals surface area (Å²) >= 11 is 0. The molecule has 0 saturated carbocycles. The molecular weight excluding hydrogens is 418 g/mol. The van der Waals surface area contributed by atoms with Gasteiger partial charge in [0.25, 0.3) is 0 Å². The molecule has 1 aliphatic heterocycles. The van der Waals surface area contributed by atoms with E-state index >= 15 is 0 Å². The minimum absolute atomic E-state index is 0.0204. The Balaban J connectivity index is 1.57. The van der Waals surface area contributed by atoms with Gasteiger partial charge in [-0.25, -0.2) is 13.1 Å². The van der Waals surface area contributed by atoms with E-state index in [4.69, 9.17) is 4.74 Å². The number of carbonyl (C=O) groups is 2.